The molecule has 0 saturated heterocycles. The first-order valence-electron chi connectivity index (χ1n) is 8.77. The number of rotatable bonds is 3. The van der Waals surface area contributed by atoms with Gasteiger partial charge in [0.15, 0.2) is 0 Å². The van der Waals surface area contributed by atoms with E-state index in [4.69, 9.17) is 4.74 Å². The zero-order chi connectivity index (χ0) is 18.3. The number of hydrogen-bond acceptors (Lipinski definition) is 4. The van der Waals surface area contributed by atoms with E-state index in [0.717, 1.165) is 35.5 Å². The number of carboxylic acid groups (broad SMARTS) is 1. The zero-order valence-electron chi connectivity index (χ0n) is 14.5. The molecule has 0 radical (unpaired) electrons. The van der Waals surface area contributed by atoms with Crippen LogP contribution in [0.4, 0.5) is 5.69 Å². The number of aromatic carboxylic acids is 1. The molecule has 1 saturated carbocycles. The summed E-state index contributed by atoms with van der Waals surface area (Å²) in [4.78, 5) is 28.2. The van der Waals surface area contributed by atoms with E-state index in [1.54, 1.807) is 18.3 Å². The number of hydrogen-bond donors (Lipinski definition) is 2. The fourth-order valence-electron chi connectivity index (χ4n) is 4.02. The molecular formula is C20H20N2O4. The van der Waals surface area contributed by atoms with Crippen molar-refractivity contribution >= 4 is 17.6 Å². The van der Waals surface area contributed by atoms with Gasteiger partial charge in [0.2, 0.25) is 5.91 Å². The number of amides is 1. The van der Waals surface area contributed by atoms with Crippen molar-refractivity contribution < 1.29 is 19.4 Å². The molecule has 1 aliphatic heterocycles. The topological polar surface area (TPSA) is 88.5 Å². The molecule has 1 fully saturated rings. The molecule has 2 N–H and O–H groups in total. The average molecular weight is 352 g/mol. The largest absolute Gasteiger partial charge is 0.489 e. The van der Waals surface area contributed by atoms with Crippen LogP contribution in [0.15, 0.2) is 36.5 Å². The molecule has 4 rings (SSSR count). The zero-order valence-corrected chi connectivity index (χ0v) is 14.5. The van der Waals surface area contributed by atoms with E-state index < -0.39 is 11.4 Å². The fraction of sp³-hybridized carbons (Fsp3) is 0.350. The van der Waals surface area contributed by atoms with Crippen LogP contribution in [0.25, 0.3) is 0 Å². The third kappa shape index (κ3) is 2.62. The average Bonchev–Trinajstić information content (AvgIpc) is 2.90. The summed E-state index contributed by atoms with van der Waals surface area (Å²) in [6.45, 7) is 1.91. The van der Waals surface area contributed by atoms with Gasteiger partial charge in [0.1, 0.15) is 5.75 Å². The number of carboxylic acids is 1. The van der Waals surface area contributed by atoms with Gasteiger partial charge < -0.3 is 15.2 Å². The van der Waals surface area contributed by atoms with Gasteiger partial charge in [-0.15, -0.1) is 0 Å². The van der Waals surface area contributed by atoms with Gasteiger partial charge in [0.25, 0.3) is 0 Å². The molecule has 134 valence electrons. The number of ether oxygens (including phenoxy) is 1. The number of pyridine rings is 1. The number of carbonyl (C=O) groups is 2. The number of aryl methyl sites for hydroxylation is 1. The van der Waals surface area contributed by atoms with E-state index >= 15 is 0 Å². The summed E-state index contributed by atoms with van der Waals surface area (Å²) in [5.41, 5.74) is 1.94. The van der Waals surface area contributed by atoms with Crippen LogP contribution >= 0.6 is 0 Å². The van der Waals surface area contributed by atoms with Crippen molar-refractivity contribution in [3.8, 4) is 5.75 Å². The molecule has 1 aromatic heterocycles. The molecule has 2 aliphatic rings. The highest BCUT2D eigenvalue weighted by atomic mass is 16.5. The second-order valence-electron chi connectivity index (χ2n) is 7.01. The molecule has 0 atom stereocenters. The maximum atomic E-state index is 12.7. The quantitative estimate of drug-likeness (QED) is 0.885. The van der Waals surface area contributed by atoms with Crippen molar-refractivity contribution in [1.82, 2.24) is 4.98 Å². The van der Waals surface area contributed by atoms with Crippen LogP contribution in [0, 0.1) is 6.92 Å². The van der Waals surface area contributed by atoms with Gasteiger partial charge in [-0.05, 0) is 68.5 Å². The van der Waals surface area contributed by atoms with Gasteiger partial charge in [-0.25, -0.2) is 4.79 Å². The van der Waals surface area contributed by atoms with Crippen molar-refractivity contribution in [3.05, 3.63) is 53.3 Å². The van der Waals surface area contributed by atoms with Gasteiger partial charge in [-0.3, -0.25) is 9.78 Å². The Balaban J connectivity index is 1.55. The number of fused-ring (bicyclic) bond motifs is 2. The minimum atomic E-state index is -0.980. The molecule has 1 aromatic carbocycles. The second kappa shape index (κ2) is 6.12. The van der Waals surface area contributed by atoms with Gasteiger partial charge in [0, 0.05) is 11.9 Å². The Kier molecular flexibility index (Phi) is 3.90. The van der Waals surface area contributed by atoms with Crippen molar-refractivity contribution in [2.75, 3.05) is 5.32 Å². The first-order valence-corrected chi connectivity index (χ1v) is 8.77. The Morgan fingerprint density at radius 1 is 1.31 bits per heavy atom. The molecule has 26 heavy (non-hydrogen) atoms. The number of anilines is 1. The van der Waals surface area contributed by atoms with Crippen LogP contribution in [-0.4, -0.2) is 28.1 Å². The van der Waals surface area contributed by atoms with Crippen molar-refractivity contribution in [3.63, 3.8) is 0 Å². The molecule has 1 spiro atoms. The lowest BCUT2D eigenvalue weighted by molar-refractivity contribution is -0.122. The Labute approximate surface area is 151 Å². The molecule has 2 aromatic rings. The summed E-state index contributed by atoms with van der Waals surface area (Å²) in [5.74, 6) is -0.240. The van der Waals surface area contributed by atoms with Crippen molar-refractivity contribution in [2.24, 2.45) is 0 Å². The third-order valence-corrected chi connectivity index (χ3v) is 5.50. The SMILES string of the molecule is Cc1ncccc1OC1CCC2(CC1)C(=O)Nc1ccc(C(=O)O)cc12. The summed E-state index contributed by atoms with van der Waals surface area (Å²) in [5, 5.41) is 12.2. The van der Waals surface area contributed by atoms with Crippen LogP contribution in [0.2, 0.25) is 0 Å². The summed E-state index contributed by atoms with van der Waals surface area (Å²) < 4.78 is 6.09. The van der Waals surface area contributed by atoms with Gasteiger partial charge in [-0.2, -0.15) is 0 Å². The Bertz CT molecular complexity index is 885. The van der Waals surface area contributed by atoms with Crippen molar-refractivity contribution in [1.29, 1.82) is 0 Å². The van der Waals surface area contributed by atoms with Crippen LogP contribution < -0.4 is 10.1 Å². The summed E-state index contributed by atoms with van der Waals surface area (Å²) in [7, 11) is 0. The lowest BCUT2D eigenvalue weighted by Gasteiger charge is -2.36. The van der Waals surface area contributed by atoms with Crippen LogP contribution in [0.3, 0.4) is 0 Å². The Morgan fingerprint density at radius 3 is 2.77 bits per heavy atom. The lowest BCUT2D eigenvalue weighted by atomic mass is 9.69. The highest BCUT2D eigenvalue weighted by molar-refractivity contribution is 6.07. The molecule has 1 aliphatic carbocycles. The number of nitrogens with one attached hydrogen (secondary N) is 1. The van der Waals surface area contributed by atoms with E-state index in [0.29, 0.717) is 12.8 Å². The second-order valence-corrected chi connectivity index (χ2v) is 7.01. The minimum Gasteiger partial charge on any atom is -0.489 e. The molecule has 6 heteroatoms. The molecule has 6 nitrogen and oxygen atoms in total. The number of benzene rings is 1. The molecule has 0 unspecified atom stereocenters. The Hall–Kier alpha value is -2.89. The van der Waals surface area contributed by atoms with E-state index in [2.05, 4.69) is 10.3 Å². The summed E-state index contributed by atoms with van der Waals surface area (Å²) in [6.07, 6.45) is 4.51. The van der Waals surface area contributed by atoms with Crippen LogP contribution in [0.1, 0.15) is 47.3 Å². The highest BCUT2D eigenvalue weighted by Crippen LogP contribution is 2.48. The number of aromatic nitrogens is 1. The fourth-order valence-corrected chi connectivity index (χ4v) is 4.02. The standard InChI is InChI=1S/C20H20N2O4/c1-12-17(3-2-10-21-12)26-14-6-8-20(9-7-14)15-11-13(18(23)24)4-5-16(15)22-19(20)25/h2-5,10-11,14H,6-9H2,1H3,(H,22,25)(H,23,24). The molecule has 0 bridgehead atoms. The lowest BCUT2D eigenvalue weighted by Crippen LogP contribution is -2.41. The Morgan fingerprint density at radius 2 is 2.08 bits per heavy atom. The molecular weight excluding hydrogens is 332 g/mol. The first-order chi connectivity index (χ1) is 12.5. The number of nitrogens with zero attached hydrogens (tertiary/aromatic N) is 1. The van der Waals surface area contributed by atoms with E-state index in [1.807, 2.05) is 19.1 Å². The third-order valence-electron chi connectivity index (χ3n) is 5.50. The minimum absolute atomic E-state index is 0.0306. The first kappa shape index (κ1) is 16.6. The van der Waals surface area contributed by atoms with E-state index in [1.165, 1.54) is 6.07 Å². The maximum Gasteiger partial charge on any atom is 0.335 e. The molecule has 2 heterocycles. The van der Waals surface area contributed by atoms with Crippen LogP contribution in [0.5, 0.6) is 5.75 Å². The predicted molar refractivity (Wildman–Crippen MR) is 95.6 cm³/mol. The summed E-state index contributed by atoms with van der Waals surface area (Å²) >= 11 is 0. The monoisotopic (exact) mass is 352 g/mol. The normalized spacial score (nSPS) is 24.2. The van der Waals surface area contributed by atoms with E-state index in [-0.39, 0.29) is 17.6 Å². The van der Waals surface area contributed by atoms with Gasteiger partial charge in [-0.1, -0.05) is 0 Å². The smallest absolute Gasteiger partial charge is 0.335 e. The van der Waals surface area contributed by atoms with E-state index in [9.17, 15) is 14.7 Å². The van der Waals surface area contributed by atoms with Gasteiger partial charge in [0.05, 0.1) is 22.8 Å². The number of carbonyl (C=O) groups excluding carboxylic acids is 1. The molecule has 1 amide bonds. The van der Waals surface area contributed by atoms with Crippen LogP contribution in [-0.2, 0) is 10.2 Å². The van der Waals surface area contributed by atoms with Crippen molar-refractivity contribution in [2.45, 2.75) is 44.1 Å². The highest BCUT2D eigenvalue weighted by Gasteiger charge is 2.49. The summed E-state index contributed by atoms with van der Waals surface area (Å²) in [6, 6.07) is 8.61. The predicted octanol–water partition coefficient (Wildman–Crippen LogP) is 3.30. The maximum absolute atomic E-state index is 12.7. The van der Waals surface area contributed by atoms with Gasteiger partial charge >= 0.3 is 5.97 Å².